The van der Waals surface area contributed by atoms with Crippen LogP contribution in [-0.2, 0) is 9.53 Å². The first-order valence-corrected chi connectivity index (χ1v) is 8.16. The van der Waals surface area contributed by atoms with Gasteiger partial charge in [-0.2, -0.15) is 0 Å². The highest BCUT2D eigenvalue weighted by molar-refractivity contribution is 6.30. The van der Waals surface area contributed by atoms with Crippen molar-refractivity contribution in [1.82, 2.24) is 4.98 Å². The first-order chi connectivity index (χ1) is 11.7. The lowest BCUT2D eigenvalue weighted by Gasteiger charge is -2.09. The third-order valence-corrected chi connectivity index (χ3v) is 4.18. The van der Waals surface area contributed by atoms with Crippen LogP contribution < -0.4 is 5.32 Å². The molecule has 2 heterocycles. The van der Waals surface area contributed by atoms with E-state index in [4.69, 9.17) is 20.8 Å². The van der Waals surface area contributed by atoms with Crippen LogP contribution in [0.15, 0.2) is 46.9 Å². The molecule has 1 fully saturated rings. The molecule has 1 unspecified atom stereocenters. The van der Waals surface area contributed by atoms with Crippen LogP contribution in [0.2, 0.25) is 5.02 Å². The van der Waals surface area contributed by atoms with Crippen LogP contribution in [0.25, 0.3) is 22.6 Å². The second kappa shape index (κ2) is 6.26. The van der Waals surface area contributed by atoms with Gasteiger partial charge in [-0.3, -0.25) is 4.79 Å². The Labute approximate surface area is 143 Å². The lowest BCUT2D eigenvalue weighted by Crippen LogP contribution is -2.26. The molecule has 122 valence electrons. The summed E-state index contributed by atoms with van der Waals surface area (Å²) in [6.45, 7) is 0.641. The zero-order chi connectivity index (χ0) is 16.5. The number of ether oxygens (including phenoxy) is 1. The highest BCUT2D eigenvalue weighted by Gasteiger charge is 2.23. The van der Waals surface area contributed by atoms with Crippen molar-refractivity contribution in [2.75, 3.05) is 11.9 Å². The summed E-state index contributed by atoms with van der Waals surface area (Å²) in [6.07, 6.45) is 1.31. The van der Waals surface area contributed by atoms with E-state index >= 15 is 0 Å². The molecule has 6 heteroatoms. The van der Waals surface area contributed by atoms with E-state index in [9.17, 15) is 4.79 Å². The second-order valence-electron chi connectivity index (χ2n) is 5.70. The molecule has 0 spiro atoms. The Morgan fingerprint density at radius 3 is 2.96 bits per heavy atom. The summed E-state index contributed by atoms with van der Waals surface area (Å²) in [7, 11) is 0. The van der Waals surface area contributed by atoms with Crippen LogP contribution >= 0.6 is 11.6 Å². The van der Waals surface area contributed by atoms with E-state index in [0.717, 1.165) is 23.9 Å². The van der Waals surface area contributed by atoms with E-state index in [0.29, 0.717) is 28.8 Å². The van der Waals surface area contributed by atoms with Crippen molar-refractivity contribution < 1.29 is 13.9 Å². The fraction of sp³-hybridized carbons (Fsp3) is 0.222. The number of hydrogen-bond donors (Lipinski definition) is 1. The number of halogens is 1. The average Bonchev–Trinajstić information content (AvgIpc) is 3.24. The minimum absolute atomic E-state index is 0.124. The first kappa shape index (κ1) is 15.2. The molecule has 0 saturated carbocycles. The quantitative estimate of drug-likeness (QED) is 0.772. The molecule has 1 aliphatic heterocycles. The molecule has 0 bridgehead atoms. The number of aromatic nitrogens is 1. The first-order valence-electron chi connectivity index (χ1n) is 7.78. The van der Waals surface area contributed by atoms with Crippen LogP contribution in [0.3, 0.4) is 0 Å². The summed E-state index contributed by atoms with van der Waals surface area (Å²) < 4.78 is 11.2. The lowest BCUT2D eigenvalue weighted by molar-refractivity contribution is -0.124. The predicted octanol–water partition coefficient (Wildman–Crippen LogP) is 4.27. The molecule has 5 nitrogen and oxygen atoms in total. The van der Waals surface area contributed by atoms with Crippen molar-refractivity contribution in [3.63, 3.8) is 0 Å². The lowest BCUT2D eigenvalue weighted by atomic mass is 10.2. The average molecular weight is 343 g/mol. The number of rotatable bonds is 3. The number of anilines is 1. The number of nitrogens with zero attached hydrogens (tertiary/aromatic N) is 1. The maximum atomic E-state index is 12.1. The summed E-state index contributed by atoms with van der Waals surface area (Å²) >= 11 is 6.01. The van der Waals surface area contributed by atoms with Gasteiger partial charge in [0.25, 0.3) is 5.91 Å². The topological polar surface area (TPSA) is 64.4 Å². The van der Waals surface area contributed by atoms with Gasteiger partial charge in [0.2, 0.25) is 5.89 Å². The molecule has 3 aromatic rings. The number of carbonyl (C=O) groups excluding carboxylic acids is 1. The summed E-state index contributed by atoms with van der Waals surface area (Å²) in [6, 6.07) is 12.7. The second-order valence-corrected chi connectivity index (χ2v) is 6.14. The van der Waals surface area contributed by atoms with Gasteiger partial charge in [0, 0.05) is 28.9 Å². The van der Waals surface area contributed by atoms with Crippen LogP contribution in [0.4, 0.5) is 5.69 Å². The van der Waals surface area contributed by atoms with Gasteiger partial charge in [-0.15, -0.1) is 0 Å². The van der Waals surface area contributed by atoms with Crippen molar-refractivity contribution in [3.8, 4) is 11.5 Å². The number of fused-ring (bicyclic) bond motifs is 1. The zero-order valence-electron chi connectivity index (χ0n) is 12.8. The Kier molecular flexibility index (Phi) is 3.96. The Morgan fingerprint density at radius 1 is 1.25 bits per heavy atom. The number of oxazole rings is 1. The number of amides is 1. The minimum Gasteiger partial charge on any atom is -0.436 e. The normalized spacial score (nSPS) is 17.3. The van der Waals surface area contributed by atoms with Crippen molar-refractivity contribution >= 4 is 34.3 Å². The Balaban J connectivity index is 1.60. The van der Waals surface area contributed by atoms with Gasteiger partial charge in [0.1, 0.15) is 11.6 Å². The monoisotopic (exact) mass is 342 g/mol. The minimum atomic E-state index is -0.363. The molecule has 1 aliphatic rings. The van der Waals surface area contributed by atoms with Crippen molar-refractivity contribution in [3.05, 3.63) is 47.5 Å². The molecule has 1 atom stereocenters. The summed E-state index contributed by atoms with van der Waals surface area (Å²) in [5.74, 6) is 0.372. The van der Waals surface area contributed by atoms with Gasteiger partial charge >= 0.3 is 0 Å². The summed E-state index contributed by atoms with van der Waals surface area (Å²) in [5.41, 5.74) is 2.80. The molecular formula is C18H15ClN2O3. The highest BCUT2D eigenvalue weighted by Crippen LogP contribution is 2.28. The Morgan fingerprint density at radius 2 is 2.17 bits per heavy atom. The van der Waals surface area contributed by atoms with Crippen molar-refractivity contribution in [1.29, 1.82) is 0 Å². The van der Waals surface area contributed by atoms with Gasteiger partial charge in [-0.1, -0.05) is 17.7 Å². The van der Waals surface area contributed by atoms with Gasteiger partial charge in [-0.05, 0) is 43.2 Å². The van der Waals surface area contributed by atoms with Crippen LogP contribution in [0.5, 0.6) is 0 Å². The number of benzene rings is 2. The van der Waals surface area contributed by atoms with Gasteiger partial charge in [0.05, 0.1) is 0 Å². The van der Waals surface area contributed by atoms with E-state index in [1.165, 1.54) is 0 Å². The molecule has 1 aromatic heterocycles. The zero-order valence-corrected chi connectivity index (χ0v) is 13.5. The molecule has 1 saturated heterocycles. The van der Waals surface area contributed by atoms with Crippen LogP contribution in [-0.4, -0.2) is 23.6 Å². The third-order valence-electron chi connectivity index (χ3n) is 3.95. The molecule has 0 aliphatic carbocycles. The van der Waals surface area contributed by atoms with Gasteiger partial charge in [0.15, 0.2) is 5.58 Å². The summed E-state index contributed by atoms with van der Waals surface area (Å²) in [4.78, 5) is 16.6. The summed E-state index contributed by atoms with van der Waals surface area (Å²) in [5, 5.41) is 3.49. The Hall–Kier alpha value is -2.37. The van der Waals surface area contributed by atoms with Crippen molar-refractivity contribution in [2.24, 2.45) is 0 Å². The van der Waals surface area contributed by atoms with Gasteiger partial charge in [-0.25, -0.2) is 4.98 Å². The number of hydrogen-bond acceptors (Lipinski definition) is 4. The van der Waals surface area contributed by atoms with Crippen LogP contribution in [0.1, 0.15) is 12.8 Å². The fourth-order valence-electron chi connectivity index (χ4n) is 2.75. The van der Waals surface area contributed by atoms with Crippen molar-refractivity contribution in [2.45, 2.75) is 18.9 Å². The van der Waals surface area contributed by atoms with Crippen LogP contribution in [0, 0.1) is 0 Å². The Bertz CT molecular complexity index is 900. The molecule has 1 N–H and O–H groups in total. The van der Waals surface area contributed by atoms with E-state index < -0.39 is 0 Å². The molecule has 2 aromatic carbocycles. The molecule has 1 amide bonds. The smallest absolute Gasteiger partial charge is 0.253 e. The molecular weight excluding hydrogens is 328 g/mol. The maximum absolute atomic E-state index is 12.1. The number of nitrogens with one attached hydrogen (secondary N) is 1. The predicted molar refractivity (Wildman–Crippen MR) is 92.1 cm³/mol. The van der Waals surface area contributed by atoms with E-state index in [1.54, 1.807) is 24.3 Å². The van der Waals surface area contributed by atoms with E-state index in [-0.39, 0.29) is 12.0 Å². The molecule has 24 heavy (non-hydrogen) atoms. The third kappa shape index (κ3) is 3.00. The molecule has 0 radical (unpaired) electrons. The largest absolute Gasteiger partial charge is 0.436 e. The molecule has 4 rings (SSSR count). The standard InChI is InChI=1S/C18H15ClN2O3/c19-12-4-1-3-11(9-12)18-21-14-7-6-13(10-16(14)24-18)20-17(22)15-5-2-8-23-15/h1,3-4,6-7,9-10,15H,2,5,8H2,(H,20,22). The van der Waals surface area contributed by atoms with Gasteiger partial charge < -0.3 is 14.5 Å². The number of carbonyl (C=O) groups is 1. The van der Waals surface area contributed by atoms with E-state index in [1.807, 2.05) is 18.2 Å². The highest BCUT2D eigenvalue weighted by atomic mass is 35.5. The fourth-order valence-corrected chi connectivity index (χ4v) is 2.94. The van der Waals surface area contributed by atoms with E-state index in [2.05, 4.69) is 10.3 Å². The SMILES string of the molecule is O=C(Nc1ccc2nc(-c3cccc(Cl)c3)oc2c1)C1CCCO1. The maximum Gasteiger partial charge on any atom is 0.253 e.